The number of phenols is 1. The lowest BCUT2D eigenvalue weighted by atomic mass is 10.1. The van der Waals surface area contributed by atoms with E-state index >= 15 is 0 Å². The zero-order valence-corrected chi connectivity index (χ0v) is 9.03. The third-order valence-corrected chi connectivity index (χ3v) is 2.89. The minimum atomic E-state index is -0.552. The fraction of sp³-hybridized carbons (Fsp3) is 0.417. The Balaban J connectivity index is 2.07. The Morgan fingerprint density at radius 2 is 2.25 bits per heavy atom. The van der Waals surface area contributed by atoms with Crippen molar-refractivity contribution in [1.29, 1.82) is 0 Å². The lowest BCUT2D eigenvalue weighted by molar-refractivity contribution is 0.0933. The van der Waals surface area contributed by atoms with Crippen molar-refractivity contribution in [2.24, 2.45) is 5.92 Å². The minimum Gasteiger partial charge on any atom is -0.507 e. The summed E-state index contributed by atoms with van der Waals surface area (Å²) in [5, 5.41) is 12.2. The smallest absolute Gasteiger partial charge is 0.255 e. The number of halogens is 1. The summed E-state index contributed by atoms with van der Waals surface area (Å²) < 4.78 is 12.7. The largest absolute Gasteiger partial charge is 0.507 e. The predicted octanol–water partition coefficient (Wildman–Crippen LogP) is 2.06. The van der Waals surface area contributed by atoms with Crippen LogP contribution in [0.4, 0.5) is 4.39 Å². The molecule has 86 valence electrons. The van der Waals surface area contributed by atoms with Gasteiger partial charge in [0.2, 0.25) is 0 Å². The van der Waals surface area contributed by atoms with Crippen LogP contribution in [0.25, 0.3) is 0 Å². The number of hydrogen-bond acceptors (Lipinski definition) is 2. The van der Waals surface area contributed by atoms with E-state index in [-0.39, 0.29) is 23.3 Å². The second-order valence-electron chi connectivity index (χ2n) is 4.26. The van der Waals surface area contributed by atoms with Gasteiger partial charge < -0.3 is 10.4 Å². The molecular formula is C12H14FNO2. The zero-order chi connectivity index (χ0) is 11.7. The molecule has 0 saturated heterocycles. The summed E-state index contributed by atoms with van der Waals surface area (Å²) in [5.41, 5.74) is 0.119. The van der Waals surface area contributed by atoms with Gasteiger partial charge in [-0.25, -0.2) is 4.39 Å². The van der Waals surface area contributed by atoms with Gasteiger partial charge in [-0.2, -0.15) is 0 Å². The summed E-state index contributed by atoms with van der Waals surface area (Å²) in [5.74, 6) is -0.673. The molecule has 0 heterocycles. The summed E-state index contributed by atoms with van der Waals surface area (Å²) in [7, 11) is 0. The first-order chi connectivity index (χ1) is 7.58. The third-order valence-electron chi connectivity index (χ3n) is 2.89. The summed E-state index contributed by atoms with van der Waals surface area (Å²) in [4.78, 5) is 11.7. The van der Waals surface area contributed by atoms with Gasteiger partial charge in [-0.05, 0) is 37.8 Å². The van der Waals surface area contributed by atoms with Crippen molar-refractivity contribution >= 4 is 5.91 Å². The quantitative estimate of drug-likeness (QED) is 0.824. The standard InChI is InChI=1S/C12H14FNO2/c1-7(8-2-3-8)14-12(16)10-5-4-9(13)6-11(10)15/h4-8,15H,2-3H2,1H3,(H,14,16). The van der Waals surface area contributed by atoms with Gasteiger partial charge in [-0.15, -0.1) is 0 Å². The molecule has 1 saturated carbocycles. The molecule has 1 fully saturated rings. The molecule has 0 spiro atoms. The van der Waals surface area contributed by atoms with Crippen LogP contribution in [0.5, 0.6) is 5.75 Å². The number of carbonyl (C=O) groups excluding carboxylic acids is 1. The van der Waals surface area contributed by atoms with Gasteiger partial charge in [-0.3, -0.25) is 4.79 Å². The third kappa shape index (κ3) is 2.32. The number of nitrogens with one attached hydrogen (secondary N) is 1. The summed E-state index contributed by atoms with van der Waals surface area (Å²) in [6, 6.07) is 3.50. The molecule has 16 heavy (non-hydrogen) atoms. The SMILES string of the molecule is CC(NC(=O)c1ccc(F)cc1O)C1CC1. The number of rotatable bonds is 3. The first kappa shape index (κ1) is 10.9. The molecule has 1 aliphatic rings. The van der Waals surface area contributed by atoms with E-state index in [1.807, 2.05) is 6.92 Å². The van der Waals surface area contributed by atoms with Gasteiger partial charge in [0.25, 0.3) is 5.91 Å². The summed E-state index contributed by atoms with van der Waals surface area (Å²) in [6.45, 7) is 1.94. The maximum absolute atomic E-state index is 12.7. The molecule has 0 aliphatic heterocycles. The van der Waals surface area contributed by atoms with Crippen LogP contribution >= 0.6 is 0 Å². The Labute approximate surface area is 93.3 Å². The van der Waals surface area contributed by atoms with Crippen LogP contribution in [0.15, 0.2) is 18.2 Å². The highest BCUT2D eigenvalue weighted by Gasteiger charge is 2.29. The molecular weight excluding hydrogens is 209 g/mol. The molecule has 1 atom stereocenters. The highest BCUT2D eigenvalue weighted by atomic mass is 19.1. The van der Waals surface area contributed by atoms with E-state index in [0.717, 1.165) is 25.0 Å². The van der Waals surface area contributed by atoms with Crippen LogP contribution < -0.4 is 5.32 Å². The molecule has 2 rings (SSSR count). The van der Waals surface area contributed by atoms with Crippen molar-refractivity contribution in [2.45, 2.75) is 25.8 Å². The van der Waals surface area contributed by atoms with E-state index in [4.69, 9.17) is 0 Å². The van der Waals surface area contributed by atoms with Crippen molar-refractivity contribution in [1.82, 2.24) is 5.32 Å². The molecule has 3 nitrogen and oxygen atoms in total. The molecule has 0 bridgehead atoms. The Bertz CT molecular complexity index is 415. The monoisotopic (exact) mass is 223 g/mol. The fourth-order valence-electron chi connectivity index (χ4n) is 1.70. The van der Waals surface area contributed by atoms with Gasteiger partial charge in [0.05, 0.1) is 5.56 Å². The van der Waals surface area contributed by atoms with E-state index in [0.29, 0.717) is 5.92 Å². The number of benzene rings is 1. The van der Waals surface area contributed by atoms with Crippen LogP contribution in [0.2, 0.25) is 0 Å². The topological polar surface area (TPSA) is 49.3 Å². The van der Waals surface area contributed by atoms with Crippen LogP contribution in [-0.4, -0.2) is 17.1 Å². The predicted molar refractivity (Wildman–Crippen MR) is 57.7 cm³/mol. The van der Waals surface area contributed by atoms with Crippen molar-refractivity contribution in [3.05, 3.63) is 29.6 Å². The molecule has 1 aromatic rings. The Morgan fingerprint density at radius 1 is 1.56 bits per heavy atom. The zero-order valence-electron chi connectivity index (χ0n) is 9.03. The number of aromatic hydroxyl groups is 1. The maximum Gasteiger partial charge on any atom is 0.255 e. The summed E-state index contributed by atoms with van der Waals surface area (Å²) >= 11 is 0. The van der Waals surface area contributed by atoms with E-state index in [9.17, 15) is 14.3 Å². The molecule has 4 heteroatoms. The van der Waals surface area contributed by atoms with Crippen LogP contribution in [0.3, 0.4) is 0 Å². The number of carbonyl (C=O) groups is 1. The Hall–Kier alpha value is -1.58. The second kappa shape index (κ2) is 4.12. The molecule has 1 aromatic carbocycles. The van der Waals surface area contributed by atoms with Gasteiger partial charge in [0, 0.05) is 12.1 Å². The van der Waals surface area contributed by atoms with E-state index < -0.39 is 5.82 Å². The van der Waals surface area contributed by atoms with Crippen molar-refractivity contribution in [2.75, 3.05) is 0 Å². The molecule has 1 amide bonds. The van der Waals surface area contributed by atoms with Crippen molar-refractivity contribution in [3.63, 3.8) is 0 Å². The first-order valence-electron chi connectivity index (χ1n) is 5.37. The summed E-state index contributed by atoms with van der Waals surface area (Å²) in [6.07, 6.45) is 2.27. The fourth-order valence-corrected chi connectivity index (χ4v) is 1.70. The highest BCUT2D eigenvalue weighted by Crippen LogP contribution is 2.32. The number of phenolic OH excluding ortho intramolecular Hbond substituents is 1. The molecule has 0 radical (unpaired) electrons. The second-order valence-corrected chi connectivity index (χ2v) is 4.26. The van der Waals surface area contributed by atoms with Crippen molar-refractivity contribution < 1.29 is 14.3 Å². The number of amides is 1. The first-order valence-corrected chi connectivity index (χ1v) is 5.37. The van der Waals surface area contributed by atoms with E-state index in [1.54, 1.807) is 0 Å². The van der Waals surface area contributed by atoms with Gasteiger partial charge >= 0.3 is 0 Å². The minimum absolute atomic E-state index is 0.108. The van der Waals surface area contributed by atoms with E-state index in [1.165, 1.54) is 6.07 Å². The molecule has 1 aliphatic carbocycles. The van der Waals surface area contributed by atoms with Crippen LogP contribution in [-0.2, 0) is 0 Å². The highest BCUT2D eigenvalue weighted by molar-refractivity contribution is 5.96. The van der Waals surface area contributed by atoms with Crippen LogP contribution in [0, 0.1) is 11.7 Å². The Kier molecular flexibility index (Phi) is 2.81. The van der Waals surface area contributed by atoms with Gasteiger partial charge in [0.1, 0.15) is 11.6 Å². The molecule has 2 N–H and O–H groups in total. The van der Waals surface area contributed by atoms with Crippen molar-refractivity contribution in [3.8, 4) is 5.75 Å². The lowest BCUT2D eigenvalue weighted by Gasteiger charge is -2.13. The van der Waals surface area contributed by atoms with E-state index in [2.05, 4.69) is 5.32 Å². The average Bonchev–Trinajstić information content (AvgIpc) is 2.99. The van der Waals surface area contributed by atoms with Gasteiger partial charge in [0.15, 0.2) is 0 Å². The van der Waals surface area contributed by atoms with Gasteiger partial charge in [-0.1, -0.05) is 0 Å². The molecule has 1 unspecified atom stereocenters. The molecule has 0 aromatic heterocycles. The maximum atomic E-state index is 12.7. The normalized spacial score (nSPS) is 16.9. The Morgan fingerprint density at radius 3 is 2.81 bits per heavy atom. The number of hydrogen-bond donors (Lipinski definition) is 2. The lowest BCUT2D eigenvalue weighted by Crippen LogP contribution is -2.34. The van der Waals surface area contributed by atoms with Crippen LogP contribution in [0.1, 0.15) is 30.1 Å². The average molecular weight is 223 g/mol.